The molecule has 1 saturated heterocycles. The van der Waals surface area contributed by atoms with Crippen LogP contribution in [0.1, 0.15) is 11.1 Å². The average Bonchev–Trinajstić information content (AvgIpc) is 2.79. The number of hydrogen-bond acceptors (Lipinski definition) is 4. The SMILES string of the molecule is Nc1ccc(F)c(F)c1OCC1CN(Cc2ccccc2)CCN1Cc1ccccc1. The molecule has 0 aliphatic carbocycles. The molecule has 1 atom stereocenters. The molecule has 31 heavy (non-hydrogen) atoms. The van der Waals surface area contributed by atoms with Crippen LogP contribution in [-0.4, -0.2) is 42.1 Å². The van der Waals surface area contributed by atoms with Gasteiger partial charge in [-0.05, 0) is 23.3 Å². The first kappa shape index (κ1) is 21.3. The van der Waals surface area contributed by atoms with Gasteiger partial charge in [-0.2, -0.15) is 4.39 Å². The summed E-state index contributed by atoms with van der Waals surface area (Å²) < 4.78 is 33.6. The number of benzene rings is 3. The summed E-state index contributed by atoms with van der Waals surface area (Å²) in [6.45, 7) is 4.38. The molecule has 1 unspecified atom stereocenters. The third-order valence-corrected chi connectivity index (χ3v) is 5.67. The van der Waals surface area contributed by atoms with Crippen LogP contribution in [0.2, 0.25) is 0 Å². The predicted octanol–water partition coefficient (Wildman–Crippen LogP) is 4.31. The molecule has 0 radical (unpaired) electrons. The molecule has 6 heteroatoms. The highest BCUT2D eigenvalue weighted by Crippen LogP contribution is 2.28. The Morgan fingerprint density at radius 3 is 2.16 bits per heavy atom. The Balaban J connectivity index is 1.48. The van der Waals surface area contributed by atoms with Crippen molar-refractivity contribution in [3.63, 3.8) is 0 Å². The monoisotopic (exact) mass is 423 g/mol. The maximum Gasteiger partial charge on any atom is 0.202 e. The molecule has 1 aliphatic rings. The Hall–Kier alpha value is -2.96. The van der Waals surface area contributed by atoms with Gasteiger partial charge in [0.25, 0.3) is 0 Å². The third kappa shape index (κ3) is 5.40. The minimum atomic E-state index is -1.04. The molecule has 0 aromatic heterocycles. The van der Waals surface area contributed by atoms with Crippen molar-refractivity contribution in [3.8, 4) is 5.75 Å². The van der Waals surface area contributed by atoms with E-state index < -0.39 is 11.6 Å². The van der Waals surface area contributed by atoms with Crippen LogP contribution in [0, 0.1) is 11.6 Å². The van der Waals surface area contributed by atoms with E-state index in [0.717, 1.165) is 38.8 Å². The number of nitrogens with zero attached hydrogens (tertiary/aromatic N) is 2. The molecule has 4 rings (SSSR count). The Morgan fingerprint density at radius 1 is 0.839 bits per heavy atom. The normalized spacial score (nSPS) is 17.5. The highest BCUT2D eigenvalue weighted by molar-refractivity contribution is 5.53. The minimum Gasteiger partial charge on any atom is -0.487 e. The Kier molecular flexibility index (Phi) is 6.79. The topological polar surface area (TPSA) is 41.7 Å². The van der Waals surface area contributed by atoms with Crippen molar-refractivity contribution in [2.75, 3.05) is 32.0 Å². The second kappa shape index (κ2) is 9.90. The lowest BCUT2D eigenvalue weighted by molar-refractivity contribution is 0.0368. The van der Waals surface area contributed by atoms with Gasteiger partial charge >= 0.3 is 0 Å². The number of piperazine rings is 1. The number of nitrogens with two attached hydrogens (primary N) is 1. The van der Waals surface area contributed by atoms with Gasteiger partial charge in [0.1, 0.15) is 6.61 Å². The smallest absolute Gasteiger partial charge is 0.202 e. The van der Waals surface area contributed by atoms with E-state index in [0.29, 0.717) is 0 Å². The lowest BCUT2D eigenvalue weighted by atomic mass is 10.1. The van der Waals surface area contributed by atoms with Crippen LogP contribution in [0.15, 0.2) is 72.8 Å². The van der Waals surface area contributed by atoms with Gasteiger partial charge in [0.15, 0.2) is 11.6 Å². The Labute approximate surface area is 181 Å². The standard InChI is InChI=1S/C25H27F2N3O/c26-22-11-12-23(28)25(24(22)27)31-18-21-17-29(15-19-7-3-1-4-8-19)13-14-30(21)16-20-9-5-2-6-10-20/h1-12,21H,13-18,28H2. The van der Waals surface area contributed by atoms with E-state index in [1.807, 2.05) is 36.4 Å². The van der Waals surface area contributed by atoms with E-state index in [9.17, 15) is 8.78 Å². The quantitative estimate of drug-likeness (QED) is 0.575. The molecule has 0 bridgehead atoms. The second-order valence-corrected chi connectivity index (χ2v) is 7.92. The molecule has 0 saturated carbocycles. The highest BCUT2D eigenvalue weighted by atomic mass is 19.2. The van der Waals surface area contributed by atoms with Crippen molar-refractivity contribution < 1.29 is 13.5 Å². The van der Waals surface area contributed by atoms with E-state index in [4.69, 9.17) is 10.5 Å². The third-order valence-electron chi connectivity index (χ3n) is 5.67. The van der Waals surface area contributed by atoms with E-state index in [1.54, 1.807) is 0 Å². The zero-order valence-electron chi connectivity index (χ0n) is 17.4. The predicted molar refractivity (Wildman–Crippen MR) is 119 cm³/mol. The molecular formula is C25H27F2N3O. The molecule has 0 spiro atoms. The van der Waals surface area contributed by atoms with Crippen molar-refractivity contribution >= 4 is 5.69 Å². The fraction of sp³-hybridized carbons (Fsp3) is 0.280. The zero-order chi connectivity index (χ0) is 21.6. The van der Waals surface area contributed by atoms with Crippen LogP contribution in [0.3, 0.4) is 0 Å². The molecule has 162 valence electrons. The van der Waals surface area contributed by atoms with Crippen LogP contribution in [0.4, 0.5) is 14.5 Å². The van der Waals surface area contributed by atoms with E-state index >= 15 is 0 Å². The summed E-state index contributed by atoms with van der Waals surface area (Å²) in [4.78, 5) is 4.71. The van der Waals surface area contributed by atoms with Gasteiger partial charge in [-0.25, -0.2) is 4.39 Å². The first-order valence-electron chi connectivity index (χ1n) is 10.5. The molecule has 2 N–H and O–H groups in total. The van der Waals surface area contributed by atoms with Gasteiger partial charge in [-0.15, -0.1) is 0 Å². The van der Waals surface area contributed by atoms with Crippen molar-refractivity contribution in [2.24, 2.45) is 0 Å². The van der Waals surface area contributed by atoms with Crippen molar-refractivity contribution in [1.29, 1.82) is 0 Å². The summed E-state index contributed by atoms with van der Waals surface area (Å²) in [7, 11) is 0. The molecule has 1 aliphatic heterocycles. The minimum absolute atomic E-state index is 0.0136. The molecule has 3 aromatic carbocycles. The van der Waals surface area contributed by atoms with E-state index in [-0.39, 0.29) is 24.1 Å². The summed E-state index contributed by atoms with van der Waals surface area (Å²) in [6, 6.07) is 22.9. The number of anilines is 1. The van der Waals surface area contributed by atoms with Gasteiger partial charge in [-0.3, -0.25) is 9.80 Å². The molecule has 4 nitrogen and oxygen atoms in total. The van der Waals surface area contributed by atoms with Crippen molar-refractivity contribution in [2.45, 2.75) is 19.1 Å². The molecule has 3 aromatic rings. The van der Waals surface area contributed by atoms with Crippen LogP contribution < -0.4 is 10.5 Å². The van der Waals surface area contributed by atoms with E-state index in [1.165, 1.54) is 17.2 Å². The summed E-state index contributed by atoms with van der Waals surface area (Å²) in [5.41, 5.74) is 8.40. The van der Waals surface area contributed by atoms with Crippen molar-refractivity contribution in [1.82, 2.24) is 9.80 Å². The summed E-state index contributed by atoms with van der Waals surface area (Å²) in [5, 5.41) is 0. The maximum atomic E-state index is 14.2. The Bertz CT molecular complexity index is 985. The number of halogens is 2. The number of ether oxygens (including phenoxy) is 1. The van der Waals surface area contributed by atoms with Crippen molar-refractivity contribution in [3.05, 3.63) is 95.6 Å². The zero-order valence-corrected chi connectivity index (χ0v) is 17.4. The second-order valence-electron chi connectivity index (χ2n) is 7.92. The van der Waals surface area contributed by atoms with Crippen LogP contribution in [-0.2, 0) is 13.1 Å². The summed E-state index contributed by atoms with van der Waals surface area (Å²) in [6.07, 6.45) is 0. The molecule has 1 fully saturated rings. The Morgan fingerprint density at radius 2 is 1.48 bits per heavy atom. The first-order valence-corrected chi connectivity index (χ1v) is 10.5. The van der Waals surface area contributed by atoms with Crippen LogP contribution >= 0.6 is 0 Å². The average molecular weight is 424 g/mol. The number of hydrogen-bond donors (Lipinski definition) is 1. The summed E-state index contributed by atoms with van der Waals surface area (Å²) >= 11 is 0. The summed E-state index contributed by atoms with van der Waals surface area (Å²) in [5.74, 6) is -2.20. The number of rotatable bonds is 7. The van der Waals surface area contributed by atoms with Gasteiger partial charge in [0, 0.05) is 32.7 Å². The molecule has 0 amide bonds. The first-order chi connectivity index (χ1) is 15.1. The number of nitrogen functional groups attached to an aromatic ring is 1. The lowest BCUT2D eigenvalue weighted by Crippen LogP contribution is -2.54. The van der Waals surface area contributed by atoms with Gasteiger partial charge < -0.3 is 10.5 Å². The van der Waals surface area contributed by atoms with E-state index in [2.05, 4.69) is 34.1 Å². The highest BCUT2D eigenvalue weighted by Gasteiger charge is 2.28. The van der Waals surface area contributed by atoms with Gasteiger partial charge in [-0.1, -0.05) is 60.7 Å². The molecule has 1 heterocycles. The van der Waals surface area contributed by atoms with Gasteiger partial charge in [0.05, 0.1) is 11.7 Å². The molecular weight excluding hydrogens is 396 g/mol. The fourth-order valence-electron chi connectivity index (χ4n) is 4.00. The largest absolute Gasteiger partial charge is 0.487 e. The lowest BCUT2D eigenvalue weighted by Gasteiger charge is -2.41. The van der Waals surface area contributed by atoms with Crippen LogP contribution in [0.25, 0.3) is 0 Å². The van der Waals surface area contributed by atoms with Crippen LogP contribution in [0.5, 0.6) is 5.75 Å². The van der Waals surface area contributed by atoms with Gasteiger partial charge in [0.2, 0.25) is 5.82 Å². The maximum absolute atomic E-state index is 14.2. The fourth-order valence-corrected chi connectivity index (χ4v) is 4.00.